The summed E-state index contributed by atoms with van der Waals surface area (Å²) in [7, 11) is 1.77. The van der Waals surface area contributed by atoms with Gasteiger partial charge in [0.1, 0.15) is 0 Å². The van der Waals surface area contributed by atoms with E-state index in [1.807, 2.05) is 38.1 Å². The summed E-state index contributed by atoms with van der Waals surface area (Å²) in [5.74, 6) is -0.378. The van der Waals surface area contributed by atoms with Gasteiger partial charge in [-0.05, 0) is 25.0 Å². The van der Waals surface area contributed by atoms with Gasteiger partial charge in [0.2, 0.25) is 5.78 Å². The number of hydrogen-bond donors (Lipinski definition) is 1. The van der Waals surface area contributed by atoms with Crippen molar-refractivity contribution in [2.45, 2.75) is 38.1 Å². The lowest BCUT2D eigenvalue weighted by Crippen LogP contribution is -2.09. The summed E-state index contributed by atoms with van der Waals surface area (Å²) in [6.45, 7) is 4.45. The summed E-state index contributed by atoms with van der Waals surface area (Å²) >= 11 is 4.44. The van der Waals surface area contributed by atoms with Crippen LogP contribution in [-0.4, -0.2) is 22.9 Å². The maximum Gasteiger partial charge on any atom is 0.310 e. The van der Waals surface area contributed by atoms with Crippen LogP contribution in [-0.2, 0) is 23.0 Å². The molecule has 1 aromatic heterocycles. The predicted octanol–water partition coefficient (Wildman–Crippen LogP) is 3.74. The van der Waals surface area contributed by atoms with Crippen LogP contribution in [0, 0.1) is 6.92 Å². The zero-order chi connectivity index (χ0) is 17.7. The van der Waals surface area contributed by atoms with Crippen LogP contribution in [0.25, 0.3) is 0 Å². The molecule has 2 rings (SSSR count). The number of carbonyl (C=O) groups excluding carboxylic acids is 2. The Balaban J connectivity index is 2.16. The Hall–Kier alpha value is -2.01. The molecule has 128 valence electrons. The van der Waals surface area contributed by atoms with Gasteiger partial charge in [-0.25, -0.2) is 0 Å². The van der Waals surface area contributed by atoms with Gasteiger partial charge in [-0.15, -0.1) is 12.6 Å². The fraction of sp³-hybridized carbons (Fsp3) is 0.368. The Morgan fingerprint density at radius 1 is 1.21 bits per heavy atom. The maximum atomic E-state index is 12.7. The highest BCUT2D eigenvalue weighted by Gasteiger charge is 2.19. The van der Waals surface area contributed by atoms with Gasteiger partial charge < -0.3 is 9.30 Å². The topological polar surface area (TPSA) is 48.3 Å². The minimum Gasteiger partial charge on any atom is -0.465 e. The molecule has 0 atom stereocenters. The van der Waals surface area contributed by atoms with Crippen molar-refractivity contribution < 1.29 is 14.3 Å². The monoisotopic (exact) mass is 345 g/mol. The molecule has 1 aromatic carbocycles. The minimum absolute atomic E-state index is 0.0848. The number of aryl methyl sites for hydroxylation is 1. The summed E-state index contributed by atoms with van der Waals surface area (Å²) < 4.78 is 6.89. The average Bonchev–Trinajstić information content (AvgIpc) is 2.83. The van der Waals surface area contributed by atoms with Crippen LogP contribution in [0.1, 0.15) is 46.9 Å². The van der Waals surface area contributed by atoms with Crippen molar-refractivity contribution in [1.29, 1.82) is 0 Å². The molecule has 0 amide bonds. The molecule has 0 aliphatic rings. The first kappa shape index (κ1) is 18.3. The second-order valence-corrected chi connectivity index (χ2v) is 6.31. The Morgan fingerprint density at radius 2 is 1.88 bits per heavy atom. The molecule has 0 aliphatic carbocycles. The van der Waals surface area contributed by atoms with Crippen molar-refractivity contribution in [1.82, 2.24) is 4.57 Å². The van der Waals surface area contributed by atoms with E-state index in [-0.39, 0.29) is 18.2 Å². The number of carbonyl (C=O) groups is 2. The number of hydrogen-bond acceptors (Lipinski definition) is 4. The predicted molar refractivity (Wildman–Crippen MR) is 96.8 cm³/mol. The molecule has 0 saturated carbocycles. The zero-order valence-corrected chi connectivity index (χ0v) is 15.2. The number of ketones is 1. The molecular formula is C19H23NO3S. The van der Waals surface area contributed by atoms with Crippen molar-refractivity contribution in [3.05, 3.63) is 52.7 Å². The van der Waals surface area contributed by atoms with Crippen molar-refractivity contribution in [3.8, 4) is 0 Å². The number of esters is 1. The van der Waals surface area contributed by atoms with E-state index in [1.165, 1.54) is 0 Å². The summed E-state index contributed by atoms with van der Waals surface area (Å²) in [6.07, 6.45) is 1.95. The molecular weight excluding hydrogens is 322 g/mol. The van der Waals surface area contributed by atoms with Gasteiger partial charge in [0.25, 0.3) is 0 Å². The molecule has 0 bridgehead atoms. The Kier molecular flexibility index (Phi) is 6.26. The third kappa shape index (κ3) is 4.29. The van der Waals surface area contributed by atoms with Crippen LogP contribution in [0.15, 0.2) is 35.4 Å². The normalized spacial score (nSPS) is 10.7. The van der Waals surface area contributed by atoms with Crippen LogP contribution >= 0.6 is 12.6 Å². The zero-order valence-electron chi connectivity index (χ0n) is 14.3. The van der Waals surface area contributed by atoms with Crippen molar-refractivity contribution in [2.75, 3.05) is 6.61 Å². The third-order valence-electron chi connectivity index (χ3n) is 3.92. The number of ether oxygens (including phenoxy) is 1. The largest absolute Gasteiger partial charge is 0.465 e. The van der Waals surface area contributed by atoms with Crippen LogP contribution in [0.5, 0.6) is 0 Å². The van der Waals surface area contributed by atoms with E-state index in [0.717, 1.165) is 18.4 Å². The van der Waals surface area contributed by atoms with Crippen LogP contribution in [0.2, 0.25) is 0 Å². The first-order valence-corrected chi connectivity index (χ1v) is 8.53. The molecule has 4 nitrogen and oxygen atoms in total. The number of thiol groups is 1. The number of aromatic nitrogens is 1. The summed E-state index contributed by atoms with van der Waals surface area (Å²) in [5, 5.41) is 0.609. The first-order valence-electron chi connectivity index (χ1n) is 8.08. The lowest BCUT2D eigenvalue weighted by atomic mass is 10.1. The Morgan fingerprint density at radius 3 is 2.50 bits per heavy atom. The highest BCUT2D eigenvalue weighted by Crippen LogP contribution is 2.22. The van der Waals surface area contributed by atoms with E-state index >= 15 is 0 Å². The van der Waals surface area contributed by atoms with Gasteiger partial charge in [-0.1, -0.05) is 43.2 Å². The molecule has 2 aromatic rings. The van der Waals surface area contributed by atoms with Gasteiger partial charge >= 0.3 is 5.97 Å². The van der Waals surface area contributed by atoms with Gasteiger partial charge in [-0.3, -0.25) is 9.59 Å². The smallest absolute Gasteiger partial charge is 0.310 e. The van der Waals surface area contributed by atoms with E-state index in [2.05, 4.69) is 12.6 Å². The van der Waals surface area contributed by atoms with Crippen LogP contribution in [0.3, 0.4) is 0 Å². The summed E-state index contributed by atoms with van der Waals surface area (Å²) in [5.41, 5.74) is 2.94. The second kappa shape index (κ2) is 8.20. The van der Waals surface area contributed by atoms with E-state index in [4.69, 9.17) is 4.74 Å². The van der Waals surface area contributed by atoms with Crippen LogP contribution in [0.4, 0.5) is 0 Å². The Labute approximate surface area is 148 Å². The van der Waals surface area contributed by atoms with E-state index < -0.39 is 0 Å². The molecule has 0 aliphatic heterocycles. The molecule has 0 saturated heterocycles. The third-order valence-corrected chi connectivity index (χ3v) is 4.51. The van der Waals surface area contributed by atoms with Crippen molar-refractivity contribution in [3.63, 3.8) is 0 Å². The SMILES string of the molecule is CCCCOC(=O)Cc1cc(C(=O)c2ccc(C)cc2)n(C)c1S. The fourth-order valence-corrected chi connectivity index (χ4v) is 2.64. The molecule has 5 heteroatoms. The molecule has 24 heavy (non-hydrogen) atoms. The highest BCUT2D eigenvalue weighted by atomic mass is 32.1. The highest BCUT2D eigenvalue weighted by molar-refractivity contribution is 7.80. The maximum absolute atomic E-state index is 12.7. The number of unbranched alkanes of at least 4 members (excludes halogenated alkanes) is 1. The van der Waals surface area contributed by atoms with Gasteiger partial charge in [0.05, 0.1) is 23.7 Å². The lowest BCUT2D eigenvalue weighted by molar-refractivity contribution is -0.142. The molecule has 0 fully saturated rings. The number of rotatable bonds is 7. The van der Waals surface area contributed by atoms with Gasteiger partial charge in [-0.2, -0.15) is 0 Å². The minimum atomic E-state index is -0.293. The summed E-state index contributed by atoms with van der Waals surface area (Å²) in [6, 6.07) is 9.16. The Bertz CT molecular complexity index is 732. The fourth-order valence-electron chi connectivity index (χ4n) is 2.39. The van der Waals surface area contributed by atoms with E-state index in [9.17, 15) is 9.59 Å². The molecule has 1 heterocycles. The molecule has 0 N–H and O–H groups in total. The first-order chi connectivity index (χ1) is 11.4. The van der Waals surface area contributed by atoms with Gasteiger partial charge in [0.15, 0.2) is 0 Å². The van der Waals surface area contributed by atoms with Gasteiger partial charge in [0, 0.05) is 12.6 Å². The molecule has 0 unspecified atom stereocenters. The number of benzene rings is 1. The van der Waals surface area contributed by atoms with E-state index in [0.29, 0.717) is 28.5 Å². The standard InChI is InChI=1S/C19H23NO3S/c1-4-5-10-23-17(21)12-15-11-16(20(3)19(15)24)18(22)14-8-6-13(2)7-9-14/h6-9,11,24H,4-5,10,12H2,1-3H3. The van der Waals surface area contributed by atoms with E-state index in [1.54, 1.807) is 17.7 Å². The molecule has 0 spiro atoms. The summed E-state index contributed by atoms with van der Waals surface area (Å²) in [4.78, 5) is 24.6. The van der Waals surface area contributed by atoms with Crippen molar-refractivity contribution in [2.24, 2.45) is 7.05 Å². The second-order valence-electron chi connectivity index (χ2n) is 5.88. The quantitative estimate of drug-likeness (QED) is 0.360. The average molecular weight is 345 g/mol. The lowest BCUT2D eigenvalue weighted by Gasteiger charge is -2.05. The van der Waals surface area contributed by atoms with Crippen molar-refractivity contribution >= 4 is 24.4 Å². The van der Waals surface area contributed by atoms with Crippen LogP contribution < -0.4 is 0 Å². The number of nitrogens with zero attached hydrogens (tertiary/aromatic N) is 1. The molecule has 0 radical (unpaired) electrons.